The second-order valence-electron chi connectivity index (χ2n) is 6.37. The van der Waals surface area contributed by atoms with E-state index in [1.807, 2.05) is 12.1 Å². The maximum absolute atomic E-state index is 12.5. The number of aryl methyl sites for hydroxylation is 1. The van der Waals surface area contributed by atoms with Crippen LogP contribution in [-0.4, -0.2) is 52.8 Å². The number of carbonyl (C=O) groups is 2. The Morgan fingerprint density at radius 3 is 2.46 bits per heavy atom. The molecule has 1 N–H and O–H groups in total. The molecule has 2 amide bonds. The van der Waals surface area contributed by atoms with Crippen molar-refractivity contribution in [3.8, 4) is 0 Å². The van der Waals surface area contributed by atoms with Crippen LogP contribution in [0.4, 0.5) is 0 Å². The van der Waals surface area contributed by atoms with Crippen molar-refractivity contribution in [3.63, 3.8) is 0 Å². The maximum atomic E-state index is 12.5. The van der Waals surface area contributed by atoms with Crippen molar-refractivity contribution in [2.75, 3.05) is 26.2 Å². The van der Waals surface area contributed by atoms with Crippen LogP contribution in [0.5, 0.6) is 0 Å². The zero-order chi connectivity index (χ0) is 18.7. The van der Waals surface area contributed by atoms with E-state index in [2.05, 4.69) is 4.98 Å². The summed E-state index contributed by atoms with van der Waals surface area (Å²) in [6, 6.07) is 8.65. The summed E-state index contributed by atoms with van der Waals surface area (Å²) in [6.07, 6.45) is 1.74. The van der Waals surface area contributed by atoms with E-state index in [1.54, 1.807) is 28.9 Å². The number of aromatic amines is 1. The van der Waals surface area contributed by atoms with Crippen molar-refractivity contribution in [2.24, 2.45) is 0 Å². The van der Waals surface area contributed by atoms with E-state index in [4.69, 9.17) is 11.6 Å². The van der Waals surface area contributed by atoms with Crippen LogP contribution in [0.15, 0.2) is 41.3 Å². The molecule has 0 unspecified atom stereocenters. The van der Waals surface area contributed by atoms with Crippen LogP contribution in [0.25, 0.3) is 0 Å². The molecule has 2 aromatic rings. The van der Waals surface area contributed by atoms with Crippen LogP contribution in [0.3, 0.4) is 0 Å². The molecule has 0 atom stereocenters. The first kappa shape index (κ1) is 18.2. The molecule has 1 aliphatic rings. The van der Waals surface area contributed by atoms with E-state index in [9.17, 15) is 14.4 Å². The molecule has 7 heteroatoms. The highest BCUT2D eigenvalue weighted by atomic mass is 35.5. The molecule has 1 fully saturated rings. The number of benzene rings is 1. The zero-order valence-electron chi connectivity index (χ0n) is 14.5. The van der Waals surface area contributed by atoms with E-state index in [-0.39, 0.29) is 29.2 Å². The standard InChI is InChI=1S/C19H20ClN3O3/c1-13-9-17(24)16(12-21-13)19(26)23-7-5-22(6-8-23)18(25)11-14-3-2-4-15(20)10-14/h2-4,9-10,12H,5-8,11H2,1H3,(H,21,24). The van der Waals surface area contributed by atoms with Crippen molar-refractivity contribution in [1.82, 2.24) is 14.8 Å². The van der Waals surface area contributed by atoms with Gasteiger partial charge in [-0.05, 0) is 24.6 Å². The number of halogens is 1. The topological polar surface area (TPSA) is 73.5 Å². The van der Waals surface area contributed by atoms with Crippen LogP contribution in [0.1, 0.15) is 21.6 Å². The van der Waals surface area contributed by atoms with Gasteiger partial charge in [0.1, 0.15) is 5.56 Å². The SMILES string of the molecule is Cc1cc(=O)c(C(=O)N2CCN(C(=O)Cc3cccc(Cl)c3)CC2)c[nH]1. The van der Waals surface area contributed by atoms with Crippen molar-refractivity contribution < 1.29 is 9.59 Å². The minimum absolute atomic E-state index is 0.00699. The number of hydrogen-bond donors (Lipinski definition) is 1. The predicted molar refractivity (Wildman–Crippen MR) is 99.4 cm³/mol. The van der Waals surface area contributed by atoms with E-state index in [0.717, 1.165) is 5.56 Å². The molecule has 26 heavy (non-hydrogen) atoms. The van der Waals surface area contributed by atoms with Crippen LogP contribution < -0.4 is 5.43 Å². The lowest BCUT2D eigenvalue weighted by molar-refractivity contribution is -0.131. The Balaban J connectivity index is 1.59. The molecule has 0 saturated carbocycles. The number of piperazine rings is 1. The molecule has 1 saturated heterocycles. The first-order chi connectivity index (χ1) is 12.4. The number of amides is 2. The fourth-order valence-electron chi connectivity index (χ4n) is 3.00. The van der Waals surface area contributed by atoms with E-state index in [0.29, 0.717) is 36.9 Å². The largest absolute Gasteiger partial charge is 0.364 e. The fraction of sp³-hybridized carbons (Fsp3) is 0.316. The van der Waals surface area contributed by atoms with E-state index in [1.165, 1.54) is 12.3 Å². The third-order valence-corrected chi connectivity index (χ3v) is 4.69. The van der Waals surface area contributed by atoms with Gasteiger partial charge in [0.05, 0.1) is 6.42 Å². The van der Waals surface area contributed by atoms with Crippen molar-refractivity contribution in [3.05, 3.63) is 68.6 Å². The summed E-state index contributed by atoms with van der Waals surface area (Å²) >= 11 is 5.95. The average molecular weight is 374 g/mol. The Morgan fingerprint density at radius 2 is 1.81 bits per heavy atom. The highest BCUT2D eigenvalue weighted by molar-refractivity contribution is 6.30. The number of H-pyrrole nitrogens is 1. The van der Waals surface area contributed by atoms with Gasteiger partial charge in [-0.3, -0.25) is 14.4 Å². The maximum Gasteiger partial charge on any atom is 0.259 e. The Kier molecular flexibility index (Phi) is 5.42. The molecular weight excluding hydrogens is 354 g/mol. The predicted octanol–water partition coefficient (Wildman–Crippen LogP) is 1.86. The average Bonchev–Trinajstić information content (AvgIpc) is 2.61. The van der Waals surface area contributed by atoms with E-state index >= 15 is 0 Å². The number of nitrogens with zero attached hydrogens (tertiary/aromatic N) is 2. The molecule has 1 aliphatic heterocycles. The number of nitrogens with one attached hydrogen (secondary N) is 1. The Labute approximate surface area is 156 Å². The van der Waals surface area contributed by atoms with Crippen molar-refractivity contribution >= 4 is 23.4 Å². The van der Waals surface area contributed by atoms with Gasteiger partial charge in [-0.15, -0.1) is 0 Å². The van der Waals surface area contributed by atoms with Crippen molar-refractivity contribution in [1.29, 1.82) is 0 Å². The molecular formula is C19H20ClN3O3. The number of carbonyl (C=O) groups excluding carboxylic acids is 2. The van der Waals surface area contributed by atoms with E-state index < -0.39 is 0 Å². The smallest absolute Gasteiger partial charge is 0.259 e. The Hall–Kier alpha value is -2.60. The van der Waals surface area contributed by atoms with Gasteiger partial charge in [-0.25, -0.2) is 0 Å². The van der Waals surface area contributed by atoms with Gasteiger partial charge in [-0.1, -0.05) is 23.7 Å². The van der Waals surface area contributed by atoms with Gasteiger partial charge in [0.2, 0.25) is 5.91 Å². The van der Waals surface area contributed by atoms with Gasteiger partial charge < -0.3 is 14.8 Å². The first-order valence-corrected chi connectivity index (χ1v) is 8.82. The minimum Gasteiger partial charge on any atom is -0.364 e. The summed E-state index contributed by atoms with van der Waals surface area (Å²) < 4.78 is 0. The van der Waals surface area contributed by atoms with Gasteiger partial charge in [0.15, 0.2) is 5.43 Å². The lowest BCUT2D eigenvalue weighted by atomic mass is 10.1. The summed E-state index contributed by atoms with van der Waals surface area (Å²) in [6.45, 7) is 3.49. The van der Waals surface area contributed by atoms with Gasteiger partial charge in [0, 0.05) is 49.2 Å². The van der Waals surface area contributed by atoms with Gasteiger partial charge in [-0.2, -0.15) is 0 Å². The quantitative estimate of drug-likeness (QED) is 0.892. The zero-order valence-corrected chi connectivity index (χ0v) is 15.3. The minimum atomic E-state index is -0.298. The van der Waals surface area contributed by atoms with Crippen molar-refractivity contribution in [2.45, 2.75) is 13.3 Å². The molecule has 0 spiro atoms. The molecule has 0 aliphatic carbocycles. The number of aromatic nitrogens is 1. The molecule has 0 bridgehead atoms. The molecule has 2 heterocycles. The monoisotopic (exact) mass is 373 g/mol. The highest BCUT2D eigenvalue weighted by Crippen LogP contribution is 2.13. The second-order valence-corrected chi connectivity index (χ2v) is 6.81. The Bertz CT molecular complexity index is 886. The van der Waals surface area contributed by atoms with Crippen LogP contribution in [-0.2, 0) is 11.2 Å². The number of hydrogen-bond acceptors (Lipinski definition) is 3. The fourth-order valence-corrected chi connectivity index (χ4v) is 3.22. The van der Waals surface area contributed by atoms with Crippen LogP contribution >= 0.6 is 11.6 Å². The summed E-state index contributed by atoms with van der Waals surface area (Å²) in [7, 11) is 0. The van der Waals surface area contributed by atoms with Crippen LogP contribution in [0, 0.1) is 6.92 Å². The first-order valence-electron chi connectivity index (χ1n) is 8.45. The third-order valence-electron chi connectivity index (χ3n) is 4.45. The van der Waals surface area contributed by atoms with Gasteiger partial charge in [0.25, 0.3) is 5.91 Å². The summed E-state index contributed by atoms with van der Waals surface area (Å²) in [5.74, 6) is -0.291. The van der Waals surface area contributed by atoms with Gasteiger partial charge >= 0.3 is 0 Å². The third kappa shape index (κ3) is 4.14. The normalized spacial score (nSPS) is 14.4. The molecule has 1 aromatic carbocycles. The summed E-state index contributed by atoms with van der Waals surface area (Å²) in [4.78, 5) is 43.2. The molecule has 3 rings (SSSR count). The second kappa shape index (κ2) is 7.74. The molecule has 0 radical (unpaired) electrons. The highest BCUT2D eigenvalue weighted by Gasteiger charge is 2.26. The lowest BCUT2D eigenvalue weighted by Crippen LogP contribution is -2.51. The molecule has 136 valence electrons. The summed E-state index contributed by atoms with van der Waals surface area (Å²) in [5, 5.41) is 0.606. The number of rotatable bonds is 3. The van der Waals surface area contributed by atoms with Crippen LogP contribution in [0.2, 0.25) is 5.02 Å². The molecule has 1 aromatic heterocycles. The molecule has 6 nitrogen and oxygen atoms in total. The number of pyridine rings is 1. The summed E-state index contributed by atoms with van der Waals surface area (Å²) in [5.41, 5.74) is 1.43. The lowest BCUT2D eigenvalue weighted by Gasteiger charge is -2.34. The Morgan fingerprint density at radius 1 is 1.12 bits per heavy atom.